The number of hydrogen-bond donors (Lipinski definition) is 2. The standard InChI is InChI=1S/C27H33NO3/c1-30-25-12-6-11-22(27(25)29)26-21-10-5-9-20(21)23-17-19(13-14-24(23)28-26)31-16-15-18-7-3-2-4-8-18/h5-6,9,11-14,17-18,20-21,26,28-29H,2-4,7-8,10,15-16H2,1H3. The number of hydrogen-bond acceptors (Lipinski definition) is 4. The van der Waals surface area contributed by atoms with Gasteiger partial charge in [0.1, 0.15) is 5.75 Å². The van der Waals surface area contributed by atoms with Crippen LogP contribution in [0.4, 0.5) is 5.69 Å². The van der Waals surface area contributed by atoms with Crippen molar-refractivity contribution in [3.63, 3.8) is 0 Å². The molecule has 31 heavy (non-hydrogen) atoms. The van der Waals surface area contributed by atoms with E-state index >= 15 is 0 Å². The van der Waals surface area contributed by atoms with E-state index in [0.717, 1.165) is 35.9 Å². The maximum absolute atomic E-state index is 10.8. The second kappa shape index (κ2) is 8.86. The minimum Gasteiger partial charge on any atom is -0.504 e. The summed E-state index contributed by atoms with van der Waals surface area (Å²) in [7, 11) is 1.60. The van der Waals surface area contributed by atoms with Crippen molar-refractivity contribution in [3.05, 3.63) is 59.7 Å². The first-order valence-corrected chi connectivity index (χ1v) is 11.8. The van der Waals surface area contributed by atoms with Crippen LogP contribution in [-0.2, 0) is 0 Å². The lowest BCUT2D eigenvalue weighted by molar-refractivity contribution is 0.246. The predicted molar refractivity (Wildman–Crippen MR) is 124 cm³/mol. The number of phenolic OH excluding ortho intramolecular Hbond substituents is 1. The van der Waals surface area contributed by atoms with E-state index in [4.69, 9.17) is 9.47 Å². The molecule has 3 unspecified atom stereocenters. The van der Waals surface area contributed by atoms with Gasteiger partial charge in [0.2, 0.25) is 0 Å². The van der Waals surface area contributed by atoms with Crippen molar-refractivity contribution >= 4 is 5.69 Å². The fourth-order valence-electron chi connectivity index (χ4n) is 5.74. The molecule has 1 heterocycles. The Labute approximate surface area is 185 Å². The average molecular weight is 420 g/mol. The van der Waals surface area contributed by atoms with Crippen molar-refractivity contribution in [1.82, 2.24) is 0 Å². The number of phenols is 1. The summed E-state index contributed by atoms with van der Waals surface area (Å²) in [5.41, 5.74) is 3.32. The topological polar surface area (TPSA) is 50.7 Å². The van der Waals surface area contributed by atoms with Gasteiger partial charge in [0.05, 0.1) is 19.8 Å². The van der Waals surface area contributed by atoms with Gasteiger partial charge in [0, 0.05) is 17.2 Å². The Hall–Kier alpha value is -2.62. The van der Waals surface area contributed by atoms with Crippen LogP contribution >= 0.6 is 0 Å². The molecule has 3 aliphatic rings. The second-order valence-electron chi connectivity index (χ2n) is 9.26. The first kappa shape index (κ1) is 20.3. The lowest BCUT2D eigenvalue weighted by Gasteiger charge is -2.38. The van der Waals surface area contributed by atoms with E-state index in [1.807, 2.05) is 12.1 Å². The van der Waals surface area contributed by atoms with Crippen LogP contribution < -0.4 is 14.8 Å². The molecule has 1 fully saturated rings. The molecule has 164 valence electrons. The molecule has 2 aromatic carbocycles. The van der Waals surface area contributed by atoms with E-state index in [2.05, 4.69) is 35.7 Å². The summed E-state index contributed by atoms with van der Waals surface area (Å²) in [4.78, 5) is 0. The molecule has 4 heteroatoms. The van der Waals surface area contributed by atoms with Crippen LogP contribution in [0.3, 0.4) is 0 Å². The molecular formula is C27H33NO3. The predicted octanol–water partition coefficient (Wildman–Crippen LogP) is 6.58. The smallest absolute Gasteiger partial charge is 0.163 e. The van der Waals surface area contributed by atoms with Crippen LogP contribution in [0.5, 0.6) is 17.2 Å². The first-order valence-electron chi connectivity index (χ1n) is 11.8. The van der Waals surface area contributed by atoms with Gasteiger partial charge in [-0.25, -0.2) is 0 Å². The zero-order valence-electron chi connectivity index (χ0n) is 18.3. The van der Waals surface area contributed by atoms with E-state index in [1.165, 1.54) is 44.1 Å². The van der Waals surface area contributed by atoms with Gasteiger partial charge in [-0.15, -0.1) is 0 Å². The molecule has 3 atom stereocenters. The molecule has 2 aromatic rings. The summed E-state index contributed by atoms with van der Waals surface area (Å²) in [5, 5.41) is 14.5. The van der Waals surface area contributed by atoms with Crippen molar-refractivity contribution in [2.75, 3.05) is 19.0 Å². The number of methoxy groups -OCH3 is 1. The maximum Gasteiger partial charge on any atom is 0.163 e. The zero-order chi connectivity index (χ0) is 21.2. The molecule has 0 amide bonds. The Morgan fingerprint density at radius 2 is 1.94 bits per heavy atom. The monoisotopic (exact) mass is 419 g/mol. The highest BCUT2D eigenvalue weighted by molar-refractivity contribution is 5.63. The molecule has 0 aromatic heterocycles. The number of rotatable bonds is 6. The van der Waals surface area contributed by atoms with Gasteiger partial charge in [0.25, 0.3) is 0 Å². The molecule has 0 spiro atoms. The minimum atomic E-state index is 0.0423. The van der Waals surface area contributed by atoms with E-state index in [9.17, 15) is 5.11 Å². The van der Waals surface area contributed by atoms with Gasteiger partial charge < -0.3 is 19.9 Å². The van der Waals surface area contributed by atoms with Crippen molar-refractivity contribution < 1.29 is 14.6 Å². The highest BCUT2D eigenvalue weighted by Crippen LogP contribution is 2.52. The summed E-state index contributed by atoms with van der Waals surface area (Å²) >= 11 is 0. The normalized spacial score (nSPS) is 24.9. The number of fused-ring (bicyclic) bond motifs is 3. The second-order valence-corrected chi connectivity index (χ2v) is 9.26. The molecule has 5 rings (SSSR count). The van der Waals surface area contributed by atoms with Crippen LogP contribution in [-0.4, -0.2) is 18.8 Å². The van der Waals surface area contributed by atoms with Gasteiger partial charge in [-0.05, 0) is 54.5 Å². The zero-order valence-corrected chi connectivity index (χ0v) is 18.3. The largest absolute Gasteiger partial charge is 0.504 e. The quantitative estimate of drug-likeness (QED) is 0.520. The Morgan fingerprint density at radius 1 is 1.06 bits per heavy atom. The van der Waals surface area contributed by atoms with Gasteiger partial charge in [-0.1, -0.05) is 56.4 Å². The van der Waals surface area contributed by atoms with Crippen LogP contribution in [0.2, 0.25) is 0 Å². The van der Waals surface area contributed by atoms with E-state index in [1.54, 1.807) is 13.2 Å². The number of para-hydroxylation sites is 1. The van der Waals surface area contributed by atoms with E-state index < -0.39 is 0 Å². The molecule has 1 aliphatic heterocycles. The van der Waals surface area contributed by atoms with Crippen molar-refractivity contribution in [3.8, 4) is 17.2 Å². The minimum absolute atomic E-state index is 0.0423. The Morgan fingerprint density at radius 3 is 2.77 bits per heavy atom. The summed E-state index contributed by atoms with van der Waals surface area (Å²) in [6, 6.07) is 12.2. The van der Waals surface area contributed by atoms with Crippen LogP contribution in [0.1, 0.15) is 68.0 Å². The Balaban J connectivity index is 1.34. The third-order valence-electron chi connectivity index (χ3n) is 7.44. The van der Waals surface area contributed by atoms with Crippen LogP contribution in [0, 0.1) is 11.8 Å². The van der Waals surface area contributed by atoms with E-state index in [-0.39, 0.29) is 11.8 Å². The molecular weight excluding hydrogens is 386 g/mol. The summed E-state index contributed by atoms with van der Waals surface area (Å²) in [6.45, 7) is 0.807. The van der Waals surface area contributed by atoms with Gasteiger partial charge in [-0.3, -0.25) is 0 Å². The molecule has 0 saturated heterocycles. The molecule has 4 nitrogen and oxygen atoms in total. The van der Waals surface area contributed by atoms with Crippen LogP contribution in [0.25, 0.3) is 0 Å². The number of ether oxygens (including phenoxy) is 2. The third kappa shape index (κ3) is 4.00. The van der Waals surface area contributed by atoms with Gasteiger partial charge in [-0.2, -0.15) is 0 Å². The fraction of sp³-hybridized carbons (Fsp3) is 0.481. The summed E-state index contributed by atoms with van der Waals surface area (Å²) < 4.78 is 11.5. The third-order valence-corrected chi connectivity index (χ3v) is 7.44. The van der Waals surface area contributed by atoms with Crippen molar-refractivity contribution in [1.29, 1.82) is 0 Å². The van der Waals surface area contributed by atoms with Gasteiger partial charge in [0.15, 0.2) is 11.5 Å². The molecule has 0 bridgehead atoms. The number of anilines is 1. The maximum atomic E-state index is 10.8. The number of aromatic hydroxyl groups is 1. The highest BCUT2D eigenvalue weighted by Gasteiger charge is 2.39. The Bertz CT molecular complexity index is 947. The van der Waals surface area contributed by atoms with Crippen molar-refractivity contribution in [2.24, 2.45) is 11.8 Å². The fourth-order valence-corrected chi connectivity index (χ4v) is 5.74. The number of nitrogens with one attached hydrogen (secondary N) is 1. The average Bonchev–Trinajstić information content (AvgIpc) is 3.30. The lowest BCUT2D eigenvalue weighted by atomic mass is 9.76. The SMILES string of the molecule is COc1cccc(C2Nc3ccc(OCCC4CCCCC4)cc3C3C=CCC32)c1O. The number of allylic oxidation sites excluding steroid dienone is 2. The Kier molecular flexibility index (Phi) is 5.80. The van der Waals surface area contributed by atoms with Gasteiger partial charge >= 0.3 is 0 Å². The first-order chi connectivity index (χ1) is 15.2. The lowest BCUT2D eigenvalue weighted by Crippen LogP contribution is -2.29. The molecule has 0 radical (unpaired) electrons. The van der Waals surface area contributed by atoms with Crippen molar-refractivity contribution in [2.45, 2.75) is 56.9 Å². The number of benzene rings is 2. The molecule has 1 saturated carbocycles. The van der Waals surface area contributed by atoms with E-state index in [0.29, 0.717) is 17.6 Å². The summed E-state index contributed by atoms with van der Waals surface area (Å²) in [5.74, 6) is 3.26. The highest BCUT2D eigenvalue weighted by atomic mass is 16.5. The molecule has 2 N–H and O–H groups in total. The van der Waals surface area contributed by atoms with Crippen LogP contribution in [0.15, 0.2) is 48.6 Å². The molecule has 2 aliphatic carbocycles. The summed E-state index contributed by atoms with van der Waals surface area (Å²) in [6.07, 6.45) is 13.6.